The van der Waals surface area contributed by atoms with E-state index in [1.807, 2.05) is 17.0 Å². The van der Waals surface area contributed by atoms with Crippen molar-refractivity contribution in [3.63, 3.8) is 0 Å². The van der Waals surface area contributed by atoms with E-state index in [0.29, 0.717) is 13.0 Å². The second kappa shape index (κ2) is 9.27. The van der Waals surface area contributed by atoms with Gasteiger partial charge in [-0.25, -0.2) is 8.42 Å². The number of hydrogen-bond acceptors (Lipinski definition) is 5. The first-order valence-electron chi connectivity index (χ1n) is 10.4. The lowest BCUT2D eigenvalue weighted by molar-refractivity contribution is -0.137. The molecule has 1 aromatic rings. The fraction of sp³-hybridized carbons (Fsp3) is 0.667. The van der Waals surface area contributed by atoms with E-state index in [-0.39, 0.29) is 41.8 Å². The number of rotatable bonds is 8. The van der Waals surface area contributed by atoms with Gasteiger partial charge in [-0.15, -0.1) is 0 Å². The summed E-state index contributed by atoms with van der Waals surface area (Å²) in [5.74, 6) is 0.552. The Hall–Kier alpha value is -1.60. The topological polar surface area (TPSA) is 77.9 Å². The third-order valence-corrected chi connectivity index (χ3v) is 7.64. The minimum absolute atomic E-state index is 0.0258. The maximum absolute atomic E-state index is 13.3. The molecule has 1 aromatic carbocycles. The van der Waals surface area contributed by atoms with Crippen LogP contribution in [0.4, 0.5) is 0 Å². The van der Waals surface area contributed by atoms with Crippen LogP contribution in [0, 0.1) is 0 Å². The van der Waals surface area contributed by atoms with Crippen molar-refractivity contribution in [1.82, 2.24) is 9.80 Å². The number of aromatic hydroxyl groups is 1. The van der Waals surface area contributed by atoms with E-state index in [2.05, 4.69) is 11.8 Å². The van der Waals surface area contributed by atoms with E-state index in [9.17, 15) is 18.3 Å². The third-order valence-electron chi connectivity index (χ3n) is 5.89. The predicted molar refractivity (Wildman–Crippen MR) is 110 cm³/mol. The van der Waals surface area contributed by atoms with E-state index in [1.165, 1.54) is 0 Å². The standard InChI is InChI=1S/C21H32N2O4S/c1-2-12-22(14-17-7-3-6-10-20(17)24)15-21(25)23(18-8-4-5-9-18)19-11-13-28(26,27)16-19/h3,6-7,10,18-19,24H,2,4-5,8-9,11-16H2,1H3. The number of nitrogens with zero attached hydrogens (tertiary/aromatic N) is 2. The zero-order valence-electron chi connectivity index (χ0n) is 16.7. The Morgan fingerprint density at radius 3 is 2.46 bits per heavy atom. The summed E-state index contributed by atoms with van der Waals surface area (Å²) in [5, 5.41) is 10.1. The Balaban J connectivity index is 1.73. The quantitative estimate of drug-likeness (QED) is 0.715. The van der Waals surface area contributed by atoms with Gasteiger partial charge in [-0.05, 0) is 38.3 Å². The fourth-order valence-electron chi connectivity index (χ4n) is 4.57. The zero-order chi connectivity index (χ0) is 20.1. The molecule has 0 bridgehead atoms. The number of phenolic OH excluding ortho intramolecular Hbond substituents is 1. The lowest BCUT2D eigenvalue weighted by Gasteiger charge is -2.36. The molecule has 0 radical (unpaired) electrons. The van der Waals surface area contributed by atoms with E-state index in [0.717, 1.165) is 44.2 Å². The van der Waals surface area contributed by atoms with Crippen LogP contribution in [0.15, 0.2) is 24.3 Å². The molecule has 2 aliphatic rings. The van der Waals surface area contributed by atoms with Crippen molar-refractivity contribution < 1.29 is 18.3 Å². The molecule has 7 heteroatoms. The van der Waals surface area contributed by atoms with Crippen LogP contribution in [-0.4, -0.2) is 65.9 Å². The highest BCUT2D eigenvalue weighted by atomic mass is 32.2. The molecule has 1 atom stereocenters. The number of benzene rings is 1. The number of carbonyl (C=O) groups is 1. The largest absolute Gasteiger partial charge is 0.508 e. The van der Waals surface area contributed by atoms with Gasteiger partial charge in [0.1, 0.15) is 5.75 Å². The normalized spacial score (nSPS) is 22.0. The molecule has 2 fully saturated rings. The van der Waals surface area contributed by atoms with Gasteiger partial charge in [0.25, 0.3) is 0 Å². The monoisotopic (exact) mass is 408 g/mol. The van der Waals surface area contributed by atoms with Crippen molar-refractivity contribution in [2.45, 2.75) is 64.1 Å². The molecule has 1 heterocycles. The number of para-hydroxylation sites is 1. The second-order valence-electron chi connectivity index (χ2n) is 8.14. The summed E-state index contributed by atoms with van der Waals surface area (Å²) in [6.07, 6.45) is 5.60. The smallest absolute Gasteiger partial charge is 0.237 e. The van der Waals surface area contributed by atoms with Crippen LogP contribution < -0.4 is 0 Å². The molecule has 1 aliphatic heterocycles. The molecule has 1 N–H and O–H groups in total. The van der Waals surface area contributed by atoms with Gasteiger partial charge < -0.3 is 10.0 Å². The average molecular weight is 409 g/mol. The molecule has 0 spiro atoms. The fourth-order valence-corrected chi connectivity index (χ4v) is 6.28. The summed E-state index contributed by atoms with van der Waals surface area (Å²) in [6, 6.07) is 7.19. The van der Waals surface area contributed by atoms with Gasteiger partial charge in [-0.2, -0.15) is 0 Å². The first-order chi connectivity index (χ1) is 13.4. The van der Waals surface area contributed by atoms with Crippen LogP contribution in [-0.2, 0) is 21.2 Å². The summed E-state index contributed by atoms with van der Waals surface area (Å²) in [7, 11) is -3.04. The van der Waals surface area contributed by atoms with Crippen molar-refractivity contribution in [2.24, 2.45) is 0 Å². The van der Waals surface area contributed by atoms with Crippen molar-refractivity contribution in [1.29, 1.82) is 0 Å². The molecule has 156 valence electrons. The molecule has 3 rings (SSSR count). The Morgan fingerprint density at radius 1 is 1.14 bits per heavy atom. The number of carbonyl (C=O) groups excluding carboxylic acids is 1. The van der Waals surface area contributed by atoms with Gasteiger partial charge in [-0.3, -0.25) is 9.69 Å². The van der Waals surface area contributed by atoms with Gasteiger partial charge in [0.15, 0.2) is 9.84 Å². The highest BCUT2D eigenvalue weighted by molar-refractivity contribution is 7.91. The van der Waals surface area contributed by atoms with Gasteiger partial charge in [0.2, 0.25) is 5.91 Å². The van der Waals surface area contributed by atoms with Gasteiger partial charge >= 0.3 is 0 Å². The molecule has 1 amide bonds. The number of sulfone groups is 1. The number of amides is 1. The minimum Gasteiger partial charge on any atom is -0.508 e. The van der Waals surface area contributed by atoms with Crippen LogP contribution in [0.3, 0.4) is 0 Å². The Kier molecular flexibility index (Phi) is 6.99. The summed E-state index contributed by atoms with van der Waals surface area (Å²) < 4.78 is 24.0. The maximum atomic E-state index is 13.3. The first kappa shape index (κ1) is 21.1. The third kappa shape index (κ3) is 5.26. The second-order valence-corrected chi connectivity index (χ2v) is 10.4. The van der Waals surface area contributed by atoms with Gasteiger partial charge in [0, 0.05) is 24.2 Å². The lowest BCUT2D eigenvalue weighted by Crippen LogP contribution is -2.50. The SMILES string of the molecule is CCCN(CC(=O)N(C1CCCC1)C1CCS(=O)(=O)C1)Cc1ccccc1O. The highest BCUT2D eigenvalue weighted by Crippen LogP contribution is 2.29. The molecule has 6 nitrogen and oxygen atoms in total. The molecular formula is C21H32N2O4S. The molecule has 1 aliphatic carbocycles. The average Bonchev–Trinajstić information content (AvgIpc) is 3.27. The van der Waals surface area contributed by atoms with Crippen molar-refractivity contribution >= 4 is 15.7 Å². The molecule has 1 unspecified atom stereocenters. The van der Waals surface area contributed by atoms with Crippen LogP contribution in [0.5, 0.6) is 5.75 Å². The maximum Gasteiger partial charge on any atom is 0.237 e. The summed E-state index contributed by atoms with van der Waals surface area (Å²) in [6.45, 7) is 3.59. The molecule has 0 aromatic heterocycles. The molecule has 28 heavy (non-hydrogen) atoms. The van der Waals surface area contributed by atoms with Gasteiger partial charge in [-0.1, -0.05) is 38.0 Å². The number of hydrogen-bond donors (Lipinski definition) is 1. The summed E-state index contributed by atoms with van der Waals surface area (Å²) in [4.78, 5) is 17.3. The predicted octanol–water partition coefficient (Wildman–Crippen LogP) is 2.56. The summed E-state index contributed by atoms with van der Waals surface area (Å²) in [5.41, 5.74) is 0.805. The van der Waals surface area contributed by atoms with Gasteiger partial charge in [0.05, 0.1) is 18.1 Å². The van der Waals surface area contributed by atoms with Crippen molar-refractivity contribution in [3.8, 4) is 5.75 Å². The highest BCUT2D eigenvalue weighted by Gasteiger charge is 2.39. The van der Waals surface area contributed by atoms with E-state index >= 15 is 0 Å². The Morgan fingerprint density at radius 2 is 1.86 bits per heavy atom. The summed E-state index contributed by atoms with van der Waals surface area (Å²) >= 11 is 0. The van der Waals surface area contributed by atoms with E-state index < -0.39 is 9.84 Å². The van der Waals surface area contributed by atoms with Crippen LogP contribution >= 0.6 is 0 Å². The number of phenols is 1. The van der Waals surface area contributed by atoms with Crippen molar-refractivity contribution in [2.75, 3.05) is 24.6 Å². The van der Waals surface area contributed by atoms with Crippen molar-refractivity contribution in [3.05, 3.63) is 29.8 Å². The lowest BCUT2D eigenvalue weighted by atomic mass is 10.1. The molecule has 1 saturated heterocycles. The van der Waals surface area contributed by atoms with Crippen LogP contribution in [0.1, 0.15) is 51.0 Å². The minimum atomic E-state index is -3.04. The van der Waals surface area contributed by atoms with E-state index in [4.69, 9.17) is 0 Å². The van der Waals surface area contributed by atoms with E-state index in [1.54, 1.807) is 12.1 Å². The molecule has 1 saturated carbocycles. The zero-order valence-corrected chi connectivity index (χ0v) is 17.5. The Labute approximate surface area is 168 Å². The van der Waals surface area contributed by atoms with Crippen LogP contribution in [0.2, 0.25) is 0 Å². The molecular weight excluding hydrogens is 376 g/mol. The first-order valence-corrected chi connectivity index (χ1v) is 12.2. The van der Waals surface area contributed by atoms with Crippen LogP contribution in [0.25, 0.3) is 0 Å². The Bertz CT molecular complexity index is 774.